The molecule has 1 aromatic carbocycles. The second-order valence-electron chi connectivity index (χ2n) is 6.85. The van der Waals surface area contributed by atoms with Gasteiger partial charge in [0, 0.05) is 20.3 Å². The average molecular weight is 375 g/mol. The van der Waals surface area contributed by atoms with E-state index in [1.165, 1.54) is 23.1 Å². The summed E-state index contributed by atoms with van der Waals surface area (Å²) < 4.78 is 24.3. The first kappa shape index (κ1) is 19.1. The molecule has 1 fully saturated rings. The van der Waals surface area contributed by atoms with E-state index in [1.54, 1.807) is 26.1 Å². The van der Waals surface area contributed by atoms with Crippen molar-refractivity contribution in [3.05, 3.63) is 58.8 Å². The summed E-state index contributed by atoms with van der Waals surface area (Å²) in [7, 11) is 1.65. The predicted octanol–water partition coefficient (Wildman–Crippen LogP) is 3.13. The Labute approximate surface area is 156 Å². The summed E-state index contributed by atoms with van der Waals surface area (Å²) in [6.45, 7) is 2.62. The topological polar surface area (TPSA) is 80.0 Å². The molecule has 0 atom stereocenters. The van der Waals surface area contributed by atoms with Crippen LogP contribution >= 0.6 is 0 Å². The van der Waals surface area contributed by atoms with Crippen LogP contribution in [-0.4, -0.2) is 42.1 Å². The maximum absolute atomic E-state index is 13.4. The molecule has 3 rings (SSSR count). The monoisotopic (exact) mass is 375 g/mol. The van der Waals surface area contributed by atoms with Gasteiger partial charge in [-0.2, -0.15) is 0 Å². The molecule has 0 radical (unpaired) electrons. The summed E-state index contributed by atoms with van der Waals surface area (Å²) in [6, 6.07) is 7.44. The lowest BCUT2D eigenvalue weighted by Gasteiger charge is -2.39. The summed E-state index contributed by atoms with van der Waals surface area (Å²) >= 11 is 0. The van der Waals surface area contributed by atoms with Gasteiger partial charge >= 0.3 is 5.97 Å². The van der Waals surface area contributed by atoms with Gasteiger partial charge in [0.25, 0.3) is 0 Å². The summed E-state index contributed by atoms with van der Waals surface area (Å²) in [5.74, 6) is -0.833. The Morgan fingerprint density at radius 1 is 1.22 bits per heavy atom. The van der Waals surface area contributed by atoms with Crippen LogP contribution in [0.1, 0.15) is 40.3 Å². The number of carboxylic acid groups (broad SMARTS) is 1. The van der Waals surface area contributed by atoms with Crippen molar-refractivity contribution in [1.29, 1.82) is 0 Å². The number of hydrogen-bond acceptors (Lipinski definition) is 4. The lowest BCUT2D eigenvalue weighted by molar-refractivity contribution is -0.140. The van der Waals surface area contributed by atoms with Crippen molar-refractivity contribution >= 4 is 11.9 Å². The summed E-state index contributed by atoms with van der Waals surface area (Å²) in [5.41, 5.74) is 0.0499. The van der Waals surface area contributed by atoms with Gasteiger partial charge < -0.3 is 19.2 Å². The van der Waals surface area contributed by atoms with Gasteiger partial charge in [0.1, 0.15) is 22.9 Å². The van der Waals surface area contributed by atoms with E-state index in [2.05, 4.69) is 0 Å². The smallest absolute Gasteiger partial charge is 0.339 e. The zero-order valence-corrected chi connectivity index (χ0v) is 15.3. The first-order valence-corrected chi connectivity index (χ1v) is 8.75. The predicted molar refractivity (Wildman–Crippen MR) is 95.0 cm³/mol. The van der Waals surface area contributed by atoms with Gasteiger partial charge in [-0.05, 0) is 43.5 Å². The fourth-order valence-corrected chi connectivity index (χ4v) is 3.62. The number of hydrogen-bond donors (Lipinski definition) is 1. The first-order chi connectivity index (χ1) is 12.8. The SMILES string of the molecule is Cc1oc(CN(C)C(=O)C2(c3ccc(F)cc3)CCOCC2)cc1C(=O)O. The number of furan rings is 1. The van der Waals surface area contributed by atoms with Crippen LogP contribution in [0.3, 0.4) is 0 Å². The van der Waals surface area contributed by atoms with E-state index in [-0.39, 0.29) is 23.8 Å². The van der Waals surface area contributed by atoms with Gasteiger partial charge in [-0.1, -0.05) is 12.1 Å². The molecule has 0 aliphatic carbocycles. The van der Waals surface area contributed by atoms with Crippen molar-refractivity contribution in [3.63, 3.8) is 0 Å². The van der Waals surface area contributed by atoms with Crippen LogP contribution in [0, 0.1) is 12.7 Å². The number of likely N-dealkylation sites (N-methyl/N-ethyl adjacent to an activating group) is 1. The van der Waals surface area contributed by atoms with Crippen LogP contribution in [0.2, 0.25) is 0 Å². The van der Waals surface area contributed by atoms with Crippen LogP contribution in [0.4, 0.5) is 4.39 Å². The molecule has 7 heteroatoms. The molecule has 0 bridgehead atoms. The lowest BCUT2D eigenvalue weighted by atomic mass is 9.73. The Bertz CT molecular complexity index is 837. The van der Waals surface area contributed by atoms with Crippen LogP contribution in [0.25, 0.3) is 0 Å². The van der Waals surface area contributed by atoms with E-state index < -0.39 is 11.4 Å². The molecular formula is C20H22FNO5. The number of rotatable bonds is 5. The normalized spacial score (nSPS) is 16.1. The molecule has 1 aliphatic rings. The van der Waals surface area contributed by atoms with Gasteiger partial charge in [-0.25, -0.2) is 9.18 Å². The maximum atomic E-state index is 13.4. The quantitative estimate of drug-likeness (QED) is 0.868. The van der Waals surface area contributed by atoms with Crippen LogP contribution < -0.4 is 0 Å². The van der Waals surface area contributed by atoms with E-state index in [0.717, 1.165) is 5.56 Å². The molecule has 0 unspecified atom stereocenters. The van der Waals surface area contributed by atoms with Crippen LogP contribution in [0.5, 0.6) is 0 Å². The minimum absolute atomic E-state index is 0.0881. The third kappa shape index (κ3) is 3.73. The molecular weight excluding hydrogens is 353 g/mol. The number of carboxylic acids is 1. The Balaban J connectivity index is 1.86. The number of aryl methyl sites for hydroxylation is 1. The number of amides is 1. The molecule has 1 amide bonds. The number of carbonyl (C=O) groups is 2. The van der Waals surface area contributed by atoms with Crippen molar-refractivity contribution in [2.45, 2.75) is 31.7 Å². The fraction of sp³-hybridized carbons (Fsp3) is 0.400. The molecule has 1 aliphatic heterocycles. The van der Waals surface area contributed by atoms with Crippen molar-refractivity contribution in [3.8, 4) is 0 Å². The number of halogens is 1. The highest BCUT2D eigenvalue weighted by Gasteiger charge is 2.43. The summed E-state index contributed by atoms with van der Waals surface area (Å²) in [5, 5.41) is 9.15. The number of aromatic carboxylic acids is 1. The third-order valence-electron chi connectivity index (χ3n) is 5.09. The zero-order chi connectivity index (χ0) is 19.6. The summed E-state index contributed by atoms with van der Waals surface area (Å²) in [6.07, 6.45) is 0.999. The Morgan fingerprint density at radius 2 is 1.85 bits per heavy atom. The number of nitrogens with zero attached hydrogens (tertiary/aromatic N) is 1. The highest BCUT2D eigenvalue weighted by Crippen LogP contribution is 2.37. The van der Waals surface area contributed by atoms with Gasteiger partial charge in [-0.3, -0.25) is 4.79 Å². The third-order valence-corrected chi connectivity index (χ3v) is 5.09. The van der Waals surface area contributed by atoms with Gasteiger partial charge in [0.15, 0.2) is 0 Å². The van der Waals surface area contributed by atoms with E-state index >= 15 is 0 Å². The van der Waals surface area contributed by atoms with E-state index in [4.69, 9.17) is 14.3 Å². The second kappa shape index (κ2) is 7.52. The second-order valence-corrected chi connectivity index (χ2v) is 6.85. The molecule has 1 aromatic heterocycles. The van der Waals surface area contributed by atoms with Gasteiger partial charge in [-0.15, -0.1) is 0 Å². The number of ether oxygens (including phenoxy) is 1. The van der Waals surface area contributed by atoms with Crippen LogP contribution in [0.15, 0.2) is 34.7 Å². The zero-order valence-electron chi connectivity index (χ0n) is 15.3. The Hall–Kier alpha value is -2.67. The highest BCUT2D eigenvalue weighted by molar-refractivity contribution is 5.89. The Kier molecular flexibility index (Phi) is 5.32. The molecule has 0 spiro atoms. The largest absolute Gasteiger partial charge is 0.478 e. The van der Waals surface area contributed by atoms with Crippen molar-refractivity contribution in [1.82, 2.24) is 4.90 Å². The molecule has 2 aromatic rings. The number of benzene rings is 1. The van der Waals surface area contributed by atoms with Crippen molar-refractivity contribution < 1.29 is 28.2 Å². The van der Waals surface area contributed by atoms with Crippen LogP contribution in [-0.2, 0) is 21.5 Å². The average Bonchev–Trinajstić information content (AvgIpc) is 3.02. The van der Waals surface area contributed by atoms with Gasteiger partial charge in [0.05, 0.1) is 12.0 Å². The lowest BCUT2D eigenvalue weighted by Crippen LogP contribution is -2.48. The number of carbonyl (C=O) groups excluding carboxylic acids is 1. The molecule has 144 valence electrons. The standard InChI is InChI=1S/C20H22FNO5/c1-13-17(18(23)24)11-16(27-13)12-22(2)19(25)20(7-9-26-10-8-20)14-3-5-15(21)6-4-14/h3-6,11H,7-10,12H2,1-2H3,(H,23,24). The van der Waals surface area contributed by atoms with Crippen molar-refractivity contribution in [2.24, 2.45) is 0 Å². The first-order valence-electron chi connectivity index (χ1n) is 8.75. The molecule has 6 nitrogen and oxygen atoms in total. The van der Waals surface area contributed by atoms with E-state index in [9.17, 15) is 14.0 Å². The maximum Gasteiger partial charge on any atom is 0.339 e. The molecule has 2 heterocycles. The molecule has 1 N–H and O–H groups in total. The minimum Gasteiger partial charge on any atom is -0.478 e. The molecule has 0 saturated carbocycles. The molecule has 27 heavy (non-hydrogen) atoms. The van der Waals surface area contributed by atoms with E-state index in [0.29, 0.717) is 37.6 Å². The van der Waals surface area contributed by atoms with Crippen molar-refractivity contribution in [2.75, 3.05) is 20.3 Å². The van der Waals surface area contributed by atoms with E-state index in [1.807, 2.05) is 0 Å². The minimum atomic E-state index is -1.07. The Morgan fingerprint density at radius 3 is 2.41 bits per heavy atom. The highest BCUT2D eigenvalue weighted by atomic mass is 19.1. The summed E-state index contributed by atoms with van der Waals surface area (Å²) in [4.78, 5) is 26.1. The van der Waals surface area contributed by atoms with Gasteiger partial charge in [0.2, 0.25) is 5.91 Å². The molecule has 1 saturated heterocycles. The fourth-order valence-electron chi connectivity index (χ4n) is 3.62.